The lowest BCUT2D eigenvalue weighted by atomic mass is 10.0. The van der Waals surface area contributed by atoms with Crippen LogP contribution in [0.15, 0.2) is 60.8 Å². The van der Waals surface area contributed by atoms with Crippen molar-refractivity contribution in [1.82, 2.24) is 4.98 Å². The number of phenolic OH excluding ortho intramolecular Hbond substituents is 1. The number of benzene rings is 2. The molecule has 1 N–H and O–H groups in total. The molecule has 22 heavy (non-hydrogen) atoms. The molecule has 2 aromatic carbocycles. The number of aryl methyl sites for hydroxylation is 1. The van der Waals surface area contributed by atoms with Crippen molar-refractivity contribution in [3.8, 4) is 5.75 Å². The zero-order chi connectivity index (χ0) is 15.5. The smallest absolute Gasteiger partial charge is 0.185 e. The molecule has 0 amide bonds. The van der Waals surface area contributed by atoms with E-state index in [1.54, 1.807) is 36.5 Å². The van der Waals surface area contributed by atoms with E-state index >= 15 is 0 Å². The molecule has 1 aromatic heterocycles. The van der Waals surface area contributed by atoms with E-state index < -0.39 is 0 Å². The average molecular weight is 289 g/mol. The minimum Gasteiger partial charge on any atom is -0.506 e. The molecule has 3 nitrogen and oxygen atoms in total. The highest BCUT2D eigenvalue weighted by atomic mass is 16.3. The highest BCUT2D eigenvalue weighted by molar-refractivity contribution is 6.07. The highest BCUT2D eigenvalue weighted by Crippen LogP contribution is 2.26. The number of aromatic nitrogens is 1. The Morgan fingerprint density at radius 1 is 1.09 bits per heavy atom. The van der Waals surface area contributed by atoms with Gasteiger partial charge in [-0.05, 0) is 30.7 Å². The van der Waals surface area contributed by atoms with Gasteiger partial charge >= 0.3 is 0 Å². The zero-order valence-electron chi connectivity index (χ0n) is 12.2. The van der Waals surface area contributed by atoms with E-state index in [-0.39, 0.29) is 11.5 Å². The molecule has 0 bridgehead atoms. The Morgan fingerprint density at radius 2 is 1.86 bits per heavy atom. The monoisotopic (exact) mass is 289 g/mol. The third-order valence-electron chi connectivity index (χ3n) is 3.53. The van der Waals surface area contributed by atoms with Gasteiger partial charge in [0.25, 0.3) is 0 Å². The van der Waals surface area contributed by atoms with Gasteiger partial charge in [-0.3, -0.25) is 9.78 Å². The van der Waals surface area contributed by atoms with E-state index in [1.807, 2.05) is 37.3 Å². The molecule has 0 spiro atoms. The Bertz CT molecular complexity index is 864. The first-order valence-corrected chi connectivity index (χ1v) is 7.01. The molecular weight excluding hydrogens is 274 g/mol. The lowest BCUT2D eigenvalue weighted by Crippen LogP contribution is -1.93. The van der Waals surface area contributed by atoms with Crippen molar-refractivity contribution >= 4 is 22.8 Å². The van der Waals surface area contributed by atoms with Gasteiger partial charge in [0.2, 0.25) is 0 Å². The molecule has 108 valence electrons. The standard InChI is InChI=1S/C19H15NO2/c1-13-4-6-15(7-5-13)17(21)10-8-14-9-11-18(22)19-16(14)3-2-12-20-19/h2-12,22H,1H3. The van der Waals surface area contributed by atoms with Crippen LogP contribution in [0.3, 0.4) is 0 Å². The third kappa shape index (κ3) is 2.74. The molecule has 0 fully saturated rings. The second-order valence-corrected chi connectivity index (χ2v) is 5.14. The topological polar surface area (TPSA) is 50.2 Å². The molecule has 0 unspecified atom stereocenters. The second kappa shape index (κ2) is 5.82. The van der Waals surface area contributed by atoms with Gasteiger partial charge in [-0.1, -0.05) is 48.0 Å². The van der Waals surface area contributed by atoms with Crippen molar-refractivity contribution in [2.45, 2.75) is 6.92 Å². The zero-order valence-corrected chi connectivity index (χ0v) is 12.2. The number of ketones is 1. The Hall–Kier alpha value is -2.94. The molecule has 0 saturated carbocycles. The van der Waals surface area contributed by atoms with Gasteiger partial charge in [0, 0.05) is 17.1 Å². The van der Waals surface area contributed by atoms with Crippen LogP contribution in [0.4, 0.5) is 0 Å². The fourth-order valence-electron chi connectivity index (χ4n) is 2.30. The molecule has 0 aliphatic rings. The van der Waals surface area contributed by atoms with E-state index in [1.165, 1.54) is 0 Å². The summed E-state index contributed by atoms with van der Waals surface area (Å²) in [5.74, 6) is 0.0859. The summed E-state index contributed by atoms with van der Waals surface area (Å²) in [4.78, 5) is 16.3. The number of fused-ring (bicyclic) bond motifs is 1. The maximum atomic E-state index is 12.2. The number of carbonyl (C=O) groups excluding carboxylic acids is 1. The first-order valence-electron chi connectivity index (χ1n) is 7.01. The number of rotatable bonds is 3. The summed E-state index contributed by atoms with van der Waals surface area (Å²) in [5.41, 5.74) is 3.16. The van der Waals surface area contributed by atoms with Crippen LogP contribution < -0.4 is 0 Å². The van der Waals surface area contributed by atoms with Gasteiger partial charge in [-0.15, -0.1) is 0 Å². The lowest BCUT2D eigenvalue weighted by Gasteiger charge is -2.03. The van der Waals surface area contributed by atoms with Crippen molar-refractivity contribution < 1.29 is 9.90 Å². The number of pyridine rings is 1. The minimum atomic E-state index is -0.0508. The number of nitrogens with zero attached hydrogens (tertiary/aromatic N) is 1. The fraction of sp³-hybridized carbons (Fsp3) is 0.0526. The summed E-state index contributed by atoms with van der Waals surface area (Å²) in [5, 5.41) is 10.6. The summed E-state index contributed by atoms with van der Waals surface area (Å²) in [6, 6.07) is 14.5. The van der Waals surface area contributed by atoms with Crippen molar-refractivity contribution in [2.24, 2.45) is 0 Å². The summed E-state index contributed by atoms with van der Waals surface area (Å²) in [6.45, 7) is 1.99. The van der Waals surface area contributed by atoms with Crippen LogP contribution in [0.1, 0.15) is 21.5 Å². The molecule has 3 rings (SSSR count). The normalized spacial score (nSPS) is 11.1. The molecule has 3 aromatic rings. The van der Waals surface area contributed by atoms with Gasteiger partial charge in [-0.25, -0.2) is 0 Å². The summed E-state index contributed by atoms with van der Waals surface area (Å²) in [6.07, 6.45) is 4.93. The van der Waals surface area contributed by atoms with Gasteiger partial charge in [0.1, 0.15) is 11.3 Å². The first kappa shape index (κ1) is 14.0. The number of hydrogen-bond donors (Lipinski definition) is 1. The SMILES string of the molecule is Cc1ccc(C(=O)C=Cc2ccc(O)c3ncccc23)cc1. The van der Waals surface area contributed by atoms with Crippen LogP contribution >= 0.6 is 0 Å². The molecule has 0 radical (unpaired) electrons. The Morgan fingerprint density at radius 3 is 2.64 bits per heavy atom. The number of aromatic hydroxyl groups is 1. The van der Waals surface area contributed by atoms with Gasteiger partial charge in [0.05, 0.1) is 0 Å². The van der Waals surface area contributed by atoms with Gasteiger partial charge in [0.15, 0.2) is 5.78 Å². The third-order valence-corrected chi connectivity index (χ3v) is 3.53. The van der Waals surface area contributed by atoms with Crippen molar-refractivity contribution in [2.75, 3.05) is 0 Å². The summed E-state index contributed by atoms with van der Waals surface area (Å²) in [7, 11) is 0. The maximum Gasteiger partial charge on any atom is 0.185 e. The van der Waals surface area contributed by atoms with Crippen molar-refractivity contribution in [1.29, 1.82) is 0 Å². The van der Waals surface area contributed by atoms with Crippen LogP contribution in [0, 0.1) is 6.92 Å². The molecule has 3 heteroatoms. The molecule has 0 saturated heterocycles. The molecule has 0 atom stereocenters. The number of hydrogen-bond acceptors (Lipinski definition) is 3. The quantitative estimate of drug-likeness (QED) is 0.582. The second-order valence-electron chi connectivity index (χ2n) is 5.14. The molecule has 0 aliphatic carbocycles. The fourth-order valence-corrected chi connectivity index (χ4v) is 2.30. The molecule has 1 heterocycles. The van der Waals surface area contributed by atoms with Crippen LogP contribution in [-0.4, -0.2) is 15.9 Å². The Balaban J connectivity index is 1.94. The number of phenols is 1. The van der Waals surface area contributed by atoms with E-state index in [2.05, 4.69) is 4.98 Å². The number of allylic oxidation sites excluding steroid dienone is 1. The van der Waals surface area contributed by atoms with Crippen LogP contribution in [-0.2, 0) is 0 Å². The summed E-state index contributed by atoms with van der Waals surface area (Å²) >= 11 is 0. The first-order chi connectivity index (χ1) is 10.6. The molecular formula is C19H15NO2. The lowest BCUT2D eigenvalue weighted by molar-refractivity contribution is 0.104. The van der Waals surface area contributed by atoms with Crippen molar-refractivity contribution in [3.63, 3.8) is 0 Å². The highest BCUT2D eigenvalue weighted by Gasteiger charge is 2.05. The van der Waals surface area contributed by atoms with Crippen LogP contribution in [0.2, 0.25) is 0 Å². The number of carbonyl (C=O) groups is 1. The van der Waals surface area contributed by atoms with E-state index in [0.29, 0.717) is 11.1 Å². The average Bonchev–Trinajstić information content (AvgIpc) is 2.55. The van der Waals surface area contributed by atoms with Gasteiger partial charge in [-0.2, -0.15) is 0 Å². The van der Waals surface area contributed by atoms with Crippen LogP contribution in [0.5, 0.6) is 5.75 Å². The van der Waals surface area contributed by atoms with E-state index in [9.17, 15) is 9.90 Å². The summed E-state index contributed by atoms with van der Waals surface area (Å²) < 4.78 is 0. The predicted octanol–water partition coefficient (Wildman–Crippen LogP) is 4.14. The van der Waals surface area contributed by atoms with Crippen molar-refractivity contribution in [3.05, 3.63) is 77.5 Å². The Labute approximate surface area is 128 Å². The Kier molecular flexibility index (Phi) is 3.71. The van der Waals surface area contributed by atoms with E-state index in [4.69, 9.17) is 0 Å². The molecule has 0 aliphatic heterocycles. The van der Waals surface area contributed by atoms with Crippen LogP contribution in [0.25, 0.3) is 17.0 Å². The maximum absolute atomic E-state index is 12.2. The minimum absolute atomic E-state index is 0.0508. The largest absolute Gasteiger partial charge is 0.506 e. The predicted molar refractivity (Wildman–Crippen MR) is 88.0 cm³/mol. The van der Waals surface area contributed by atoms with E-state index in [0.717, 1.165) is 16.5 Å². The van der Waals surface area contributed by atoms with Gasteiger partial charge < -0.3 is 5.11 Å².